The molecule has 0 saturated heterocycles. The first-order chi connectivity index (χ1) is 9.39. The lowest BCUT2D eigenvalue weighted by Gasteiger charge is -2.02. The van der Waals surface area contributed by atoms with E-state index in [9.17, 15) is 18.0 Å². The van der Waals surface area contributed by atoms with Crippen LogP contribution in [0.5, 0.6) is 0 Å². The molecule has 4 nitrogen and oxygen atoms in total. The fraction of sp³-hybridized carbons (Fsp3) is 0.0667. The second-order valence-corrected chi connectivity index (χ2v) is 6.34. The van der Waals surface area contributed by atoms with Crippen LogP contribution in [0.3, 0.4) is 0 Å². The van der Waals surface area contributed by atoms with Crippen LogP contribution in [0.25, 0.3) is 0 Å². The van der Waals surface area contributed by atoms with Gasteiger partial charge in [-0.2, -0.15) is 0 Å². The van der Waals surface area contributed by atoms with Gasteiger partial charge in [-0.3, -0.25) is 9.59 Å². The van der Waals surface area contributed by atoms with Gasteiger partial charge in [-0.1, -0.05) is 30.3 Å². The van der Waals surface area contributed by atoms with Crippen LogP contribution in [-0.4, -0.2) is 26.2 Å². The quantitative estimate of drug-likeness (QED) is 0.638. The smallest absolute Gasteiger partial charge is 0.233 e. The molecule has 0 aliphatic heterocycles. The van der Waals surface area contributed by atoms with Gasteiger partial charge in [0.25, 0.3) is 0 Å². The Morgan fingerprint density at radius 1 is 0.750 bits per heavy atom. The maximum Gasteiger partial charge on any atom is 0.233 e. The molecule has 0 amide bonds. The van der Waals surface area contributed by atoms with Crippen molar-refractivity contribution < 1.29 is 18.0 Å². The molecule has 0 aromatic heterocycles. The van der Waals surface area contributed by atoms with Crippen molar-refractivity contribution in [3.8, 4) is 0 Å². The van der Waals surface area contributed by atoms with Crippen molar-refractivity contribution in [3.63, 3.8) is 0 Å². The first-order valence-corrected chi connectivity index (χ1v) is 7.73. The molecule has 2 aromatic rings. The Balaban J connectivity index is 2.29. The number of sulfone groups is 1. The second-order valence-electron chi connectivity index (χ2n) is 4.32. The highest BCUT2D eigenvalue weighted by atomic mass is 32.2. The Bertz CT molecular complexity index is 744. The van der Waals surface area contributed by atoms with Gasteiger partial charge in [-0.05, 0) is 24.3 Å². The summed E-state index contributed by atoms with van der Waals surface area (Å²) in [5, 5.41) is 0. The van der Waals surface area contributed by atoms with Gasteiger partial charge >= 0.3 is 0 Å². The molecular formula is C15H12O4S. The minimum atomic E-state index is -3.31. The predicted octanol–water partition coefficient (Wildman–Crippen LogP) is 2.16. The van der Waals surface area contributed by atoms with E-state index in [0.717, 1.165) is 6.26 Å². The van der Waals surface area contributed by atoms with Crippen molar-refractivity contribution in [1.29, 1.82) is 0 Å². The average Bonchev–Trinajstić information content (AvgIpc) is 2.46. The first-order valence-electron chi connectivity index (χ1n) is 5.84. The third-order valence-electron chi connectivity index (χ3n) is 2.79. The molecule has 0 radical (unpaired) electrons. The fourth-order valence-electron chi connectivity index (χ4n) is 1.71. The van der Waals surface area contributed by atoms with Gasteiger partial charge in [0, 0.05) is 17.4 Å². The van der Waals surface area contributed by atoms with Crippen molar-refractivity contribution in [1.82, 2.24) is 0 Å². The molecule has 0 atom stereocenters. The van der Waals surface area contributed by atoms with E-state index in [1.807, 2.05) is 0 Å². The van der Waals surface area contributed by atoms with Crippen molar-refractivity contribution in [3.05, 3.63) is 65.7 Å². The summed E-state index contributed by atoms with van der Waals surface area (Å²) in [5.41, 5.74) is 0.482. The van der Waals surface area contributed by atoms with Gasteiger partial charge in [-0.15, -0.1) is 0 Å². The SMILES string of the molecule is CS(=O)(=O)c1ccc(C(=O)C(=O)c2ccccc2)cc1. The third kappa shape index (κ3) is 3.00. The second kappa shape index (κ2) is 5.38. The predicted molar refractivity (Wildman–Crippen MR) is 74.7 cm³/mol. The molecule has 5 heteroatoms. The molecule has 0 unspecified atom stereocenters. The van der Waals surface area contributed by atoms with Gasteiger partial charge < -0.3 is 0 Å². The molecule has 0 bridgehead atoms. The van der Waals surface area contributed by atoms with Crippen LogP contribution < -0.4 is 0 Å². The van der Waals surface area contributed by atoms with E-state index in [-0.39, 0.29) is 10.5 Å². The summed E-state index contributed by atoms with van der Waals surface area (Å²) in [7, 11) is -3.31. The van der Waals surface area contributed by atoms with Crippen molar-refractivity contribution >= 4 is 21.4 Å². The highest BCUT2D eigenvalue weighted by Gasteiger charge is 2.18. The van der Waals surface area contributed by atoms with Gasteiger partial charge in [0.05, 0.1) is 4.90 Å². The van der Waals surface area contributed by atoms with Gasteiger partial charge in [0.15, 0.2) is 9.84 Å². The Hall–Kier alpha value is -2.27. The Morgan fingerprint density at radius 2 is 1.20 bits per heavy atom. The summed E-state index contributed by atoms with van der Waals surface area (Å²) in [6.45, 7) is 0. The van der Waals surface area contributed by atoms with E-state index >= 15 is 0 Å². The standard InChI is InChI=1S/C15H12O4S/c1-20(18,19)13-9-7-12(8-10-13)15(17)14(16)11-5-3-2-4-6-11/h2-10H,1H3. The number of carbonyl (C=O) groups excluding carboxylic acids is 2. The van der Waals surface area contributed by atoms with E-state index in [2.05, 4.69) is 0 Å². The fourth-order valence-corrected chi connectivity index (χ4v) is 2.34. The lowest BCUT2D eigenvalue weighted by Crippen LogP contribution is -2.14. The lowest BCUT2D eigenvalue weighted by atomic mass is 10.0. The zero-order chi connectivity index (χ0) is 14.8. The summed E-state index contributed by atoms with van der Waals surface area (Å²) >= 11 is 0. The highest BCUT2D eigenvalue weighted by Crippen LogP contribution is 2.13. The molecular weight excluding hydrogens is 276 g/mol. The van der Waals surface area contributed by atoms with Crippen LogP contribution in [0.15, 0.2) is 59.5 Å². The van der Waals surface area contributed by atoms with E-state index in [0.29, 0.717) is 5.56 Å². The van der Waals surface area contributed by atoms with Crippen LogP contribution in [0.1, 0.15) is 20.7 Å². The number of hydrogen-bond donors (Lipinski definition) is 0. The van der Waals surface area contributed by atoms with E-state index in [4.69, 9.17) is 0 Å². The highest BCUT2D eigenvalue weighted by molar-refractivity contribution is 7.90. The minimum Gasteiger partial charge on any atom is -0.285 e. The normalized spacial score (nSPS) is 11.1. The molecule has 0 N–H and O–H groups in total. The number of hydrogen-bond acceptors (Lipinski definition) is 4. The monoisotopic (exact) mass is 288 g/mol. The summed E-state index contributed by atoms with van der Waals surface area (Å²) in [6, 6.07) is 13.6. The van der Waals surface area contributed by atoms with Gasteiger partial charge in [0.2, 0.25) is 11.6 Å². The van der Waals surface area contributed by atoms with Crippen LogP contribution >= 0.6 is 0 Å². The molecule has 0 aliphatic carbocycles. The average molecular weight is 288 g/mol. The van der Waals surface area contributed by atoms with Crippen molar-refractivity contribution in [2.75, 3.05) is 6.26 Å². The minimum absolute atomic E-state index is 0.112. The molecule has 2 rings (SSSR count). The first kappa shape index (κ1) is 14.1. The van der Waals surface area contributed by atoms with Crippen LogP contribution in [0.4, 0.5) is 0 Å². The zero-order valence-corrected chi connectivity index (χ0v) is 11.6. The molecule has 20 heavy (non-hydrogen) atoms. The topological polar surface area (TPSA) is 68.3 Å². The van der Waals surface area contributed by atoms with E-state index in [1.54, 1.807) is 30.3 Å². The maximum atomic E-state index is 12.0. The summed E-state index contributed by atoms with van der Waals surface area (Å²) in [5.74, 6) is -1.27. The zero-order valence-electron chi connectivity index (χ0n) is 10.7. The Labute approximate surface area is 117 Å². The number of carbonyl (C=O) groups is 2. The number of rotatable bonds is 4. The molecule has 0 fully saturated rings. The molecule has 0 spiro atoms. The number of benzene rings is 2. The Morgan fingerprint density at radius 3 is 1.65 bits per heavy atom. The molecule has 0 heterocycles. The van der Waals surface area contributed by atoms with E-state index < -0.39 is 21.4 Å². The van der Waals surface area contributed by atoms with E-state index in [1.165, 1.54) is 24.3 Å². The lowest BCUT2D eigenvalue weighted by molar-refractivity contribution is 0.0817. The molecule has 2 aromatic carbocycles. The number of ketones is 2. The van der Waals surface area contributed by atoms with Crippen LogP contribution in [0.2, 0.25) is 0 Å². The van der Waals surface area contributed by atoms with Gasteiger partial charge in [0.1, 0.15) is 0 Å². The maximum absolute atomic E-state index is 12.0. The summed E-state index contributed by atoms with van der Waals surface area (Å²) in [6.07, 6.45) is 1.08. The van der Waals surface area contributed by atoms with Gasteiger partial charge in [-0.25, -0.2) is 8.42 Å². The number of Topliss-reactive ketones (excluding diaryl/α,β-unsaturated/α-hetero) is 2. The van der Waals surface area contributed by atoms with Crippen molar-refractivity contribution in [2.45, 2.75) is 4.90 Å². The summed E-state index contributed by atoms with van der Waals surface area (Å²) in [4.78, 5) is 24.1. The Kier molecular flexibility index (Phi) is 3.81. The molecule has 0 saturated carbocycles. The van der Waals surface area contributed by atoms with Crippen molar-refractivity contribution in [2.24, 2.45) is 0 Å². The largest absolute Gasteiger partial charge is 0.285 e. The molecule has 102 valence electrons. The molecule has 0 aliphatic rings. The van der Waals surface area contributed by atoms with Crippen LogP contribution in [-0.2, 0) is 9.84 Å². The third-order valence-corrected chi connectivity index (χ3v) is 3.92. The van der Waals surface area contributed by atoms with Crippen LogP contribution in [0, 0.1) is 0 Å². The summed E-state index contributed by atoms with van der Waals surface area (Å²) < 4.78 is 22.6.